The van der Waals surface area contributed by atoms with Crippen molar-refractivity contribution in [3.05, 3.63) is 95.3 Å². The highest BCUT2D eigenvalue weighted by Gasteiger charge is 2.39. The number of nitrogens with one attached hydrogen (secondary N) is 1. The molecule has 1 aromatic heterocycles. The minimum absolute atomic E-state index is 0.00427. The second-order valence-corrected chi connectivity index (χ2v) is 9.56. The summed E-state index contributed by atoms with van der Waals surface area (Å²) in [6.07, 6.45) is 2.33. The molecule has 37 heavy (non-hydrogen) atoms. The molecule has 2 aliphatic rings. The highest BCUT2D eigenvalue weighted by Crippen LogP contribution is 2.42. The lowest BCUT2D eigenvalue weighted by Crippen LogP contribution is -2.47. The van der Waals surface area contributed by atoms with Crippen LogP contribution in [0.2, 0.25) is 0 Å². The fraction of sp³-hybridized carbons (Fsp3) is 0.379. The Kier molecular flexibility index (Phi) is 8.23. The molecule has 2 saturated heterocycles. The maximum absolute atomic E-state index is 12.7. The smallest absolute Gasteiger partial charge is 0.257 e. The first-order valence-electron chi connectivity index (χ1n) is 12.7. The van der Waals surface area contributed by atoms with E-state index in [0.29, 0.717) is 11.3 Å². The molecule has 1 amide bonds. The lowest BCUT2D eigenvalue weighted by Gasteiger charge is -2.43. The van der Waals surface area contributed by atoms with Crippen LogP contribution < -0.4 is 5.32 Å². The van der Waals surface area contributed by atoms with Gasteiger partial charge >= 0.3 is 0 Å². The molecule has 2 aliphatic heterocycles. The SMILES string of the molecule is C[C@@H]1[C@H](CN2CCOCC2)O[C@H](c2cccc(NC(=O)c3cccnc3)c2)O[C@@H]1c1ccc(CO)cc1. The second kappa shape index (κ2) is 11.9. The van der Waals surface area contributed by atoms with Gasteiger partial charge in [-0.1, -0.05) is 43.3 Å². The van der Waals surface area contributed by atoms with Crippen LogP contribution in [0.25, 0.3) is 0 Å². The van der Waals surface area contributed by atoms with Gasteiger partial charge in [0.05, 0.1) is 37.6 Å². The van der Waals surface area contributed by atoms with E-state index < -0.39 is 6.29 Å². The van der Waals surface area contributed by atoms with Gasteiger partial charge in [-0.05, 0) is 35.4 Å². The van der Waals surface area contributed by atoms with E-state index in [-0.39, 0.29) is 30.6 Å². The number of amides is 1. The van der Waals surface area contributed by atoms with E-state index in [1.54, 1.807) is 18.3 Å². The number of aliphatic hydroxyl groups is 1. The van der Waals surface area contributed by atoms with E-state index in [1.807, 2.05) is 48.5 Å². The van der Waals surface area contributed by atoms with Crippen LogP contribution in [0, 0.1) is 5.92 Å². The Balaban J connectivity index is 1.38. The molecule has 194 valence electrons. The largest absolute Gasteiger partial charge is 0.392 e. The molecule has 2 N–H and O–H groups in total. The summed E-state index contributed by atoms with van der Waals surface area (Å²) in [6.45, 7) is 6.17. The van der Waals surface area contributed by atoms with Crippen LogP contribution in [0.5, 0.6) is 0 Å². The maximum Gasteiger partial charge on any atom is 0.257 e. The predicted octanol–water partition coefficient (Wildman–Crippen LogP) is 3.95. The van der Waals surface area contributed by atoms with E-state index in [4.69, 9.17) is 14.2 Å². The fourth-order valence-corrected chi connectivity index (χ4v) is 4.83. The standard InChI is InChI=1S/C29H33N3O5/c1-20-26(18-32-12-14-35-15-13-32)36-29(37-27(20)22-9-7-21(19-33)8-10-22)23-4-2-6-25(16-23)31-28(34)24-5-3-11-30-17-24/h2-11,16-17,20,26-27,29,33H,12-15,18-19H2,1H3,(H,31,34)/t20-,26+,27+,29+/m1/s1. The summed E-state index contributed by atoms with van der Waals surface area (Å²) in [4.78, 5) is 19.1. The molecule has 0 radical (unpaired) electrons. The number of morpholine rings is 1. The first-order chi connectivity index (χ1) is 18.1. The summed E-state index contributed by atoms with van der Waals surface area (Å²) in [5.74, 6) is -0.121. The first kappa shape index (κ1) is 25.5. The molecule has 8 nitrogen and oxygen atoms in total. The number of aromatic nitrogens is 1. The number of carbonyl (C=O) groups excluding carboxylic acids is 1. The van der Waals surface area contributed by atoms with Crippen molar-refractivity contribution in [1.29, 1.82) is 0 Å². The Hall–Kier alpha value is -3.14. The van der Waals surface area contributed by atoms with Crippen molar-refractivity contribution in [3.63, 3.8) is 0 Å². The summed E-state index contributed by atoms with van der Waals surface area (Å²) in [5, 5.41) is 12.4. The number of anilines is 1. The molecule has 3 heterocycles. The molecule has 3 aromatic rings. The number of benzene rings is 2. The number of pyridine rings is 1. The summed E-state index contributed by atoms with van der Waals surface area (Å²) in [7, 11) is 0. The van der Waals surface area contributed by atoms with Gasteiger partial charge in [-0.2, -0.15) is 0 Å². The number of ether oxygens (including phenoxy) is 3. The van der Waals surface area contributed by atoms with Crippen LogP contribution in [0.4, 0.5) is 5.69 Å². The van der Waals surface area contributed by atoms with Gasteiger partial charge < -0.3 is 24.6 Å². The van der Waals surface area contributed by atoms with Crippen LogP contribution in [-0.4, -0.2) is 59.8 Å². The molecule has 0 bridgehead atoms. The van der Waals surface area contributed by atoms with E-state index in [2.05, 4.69) is 22.1 Å². The Morgan fingerprint density at radius 2 is 1.86 bits per heavy atom. The summed E-state index contributed by atoms with van der Waals surface area (Å²) < 4.78 is 18.6. The average Bonchev–Trinajstić information content (AvgIpc) is 2.95. The monoisotopic (exact) mass is 503 g/mol. The van der Waals surface area contributed by atoms with Crippen molar-refractivity contribution < 1.29 is 24.1 Å². The van der Waals surface area contributed by atoms with Gasteiger partial charge in [0.25, 0.3) is 5.91 Å². The topological polar surface area (TPSA) is 93.2 Å². The Labute approximate surface area is 217 Å². The van der Waals surface area contributed by atoms with E-state index in [9.17, 15) is 9.90 Å². The number of carbonyl (C=O) groups is 1. The second-order valence-electron chi connectivity index (χ2n) is 9.56. The lowest BCUT2D eigenvalue weighted by molar-refractivity contribution is -0.277. The first-order valence-corrected chi connectivity index (χ1v) is 12.7. The van der Waals surface area contributed by atoms with Crippen LogP contribution >= 0.6 is 0 Å². The Morgan fingerprint density at radius 3 is 2.59 bits per heavy atom. The summed E-state index contributed by atoms with van der Waals surface area (Å²) in [5.41, 5.74) is 3.89. The molecule has 0 spiro atoms. The molecular weight excluding hydrogens is 470 g/mol. The zero-order chi connectivity index (χ0) is 25.6. The molecule has 0 aliphatic carbocycles. The number of aliphatic hydroxyl groups excluding tert-OH is 1. The minimum atomic E-state index is -0.597. The van der Waals surface area contributed by atoms with Gasteiger partial charge in [-0.3, -0.25) is 14.7 Å². The van der Waals surface area contributed by atoms with Crippen LogP contribution in [-0.2, 0) is 20.8 Å². The summed E-state index contributed by atoms with van der Waals surface area (Å²) in [6, 6.07) is 19.0. The molecule has 2 fully saturated rings. The fourth-order valence-electron chi connectivity index (χ4n) is 4.83. The van der Waals surface area contributed by atoms with E-state index >= 15 is 0 Å². The molecule has 4 atom stereocenters. The molecule has 5 rings (SSSR count). The van der Waals surface area contributed by atoms with Crippen molar-refractivity contribution in [2.45, 2.75) is 32.0 Å². The van der Waals surface area contributed by atoms with E-state index in [1.165, 1.54) is 6.20 Å². The van der Waals surface area contributed by atoms with Crippen LogP contribution in [0.3, 0.4) is 0 Å². The molecule has 8 heteroatoms. The Bertz CT molecular complexity index is 1170. The van der Waals surface area contributed by atoms with Crippen molar-refractivity contribution in [2.75, 3.05) is 38.2 Å². The highest BCUT2D eigenvalue weighted by molar-refractivity contribution is 6.04. The maximum atomic E-state index is 12.7. The molecule has 0 saturated carbocycles. The van der Waals surface area contributed by atoms with E-state index in [0.717, 1.165) is 49.5 Å². The Morgan fingerprint density at radius 1 is 1.05 bits per heavy atom. The zero-order valence-corrected chi connectivity index (χ0v) is 21.0. The van der Waals surface area contributed by atoms with Gasteiger partial charge in [0.2, 0.25) is 0 Å². The lowest BCUT2D eigenvalue weighted by atomic mass is 9.90. The third kappa shape index (κ3) is 6.23. The molecular formula is C29H33N3O5. The molecule has 0 unspecified atom stereocenters. The van der Waals surface area contributed by atoms with Gasteiger partial charge in [-0.25, -0.2) is 0 Å². The quantitative estimate of drug-likeness (QED) is 0.504. The minimum Gasteiger partial charge on any atom is -0.392 e. The third-order valence-electron chi connectivity index (χ3n) is 7.01. The number of rotatable bonds is 7. The van der Waals surface area contributed by atoms with Crippen molar-refractivity contribution in [2.24, 2.45) is 5.92 Å². The van der Waals surface area contributed by atoms with Gasteiger partial charge in [0.1, 0.15) is 0 Å². The number of hydrogen-bond acceptors (Lipinski definition) is 7. The summed E-state index contributed by atoms with van der Waals surface area (Å²) >= 11 is 0. The van der Waals surface area contributed by atoms with Crippen LogP contribution in [0.1, 0.15) is 46.4 Å². The van der Waals surface area contributed by atoms with Gasteiger partial charge in [0, 0.05) is 49.2 Å². The van der Waals surface area contributed by atoms with Crippen molar-refractivity contribution >= 4 is 11.6 Å². The average molecular weight is 504 g/mol. The van der Waals surface area contributed by atoms with Gasteiger partial charge in [-0.15, -0.1) is 0 Å². The normalized spacial score (nSPS) is 24.5. The van der Waals surface area contributed by atoms with Crippen LogP contribution in [0.15, 0.2) is 73.1 Å². The van der Waals surface area contributed by atoms with Crippen molar-refractivity contribution in [3.8, 4) is 0 Å². The molecule has 2 aromatic carbocycles. The van der Waals surface area contributed by atoms with Gasteiger partial charge in [0.15, 0.2) is 6.29 Å². The number of nitrogens with zero attached hydrogens (tertiary/aromatic N) is 2. The van der Waals surface area contributed by atoms with Crippen molar-refractivity contribution in [1.82, 2.24) is 9.88 Å². The predicted molar refractivity (Wildman–Crippen MR) is 139 cm³/mol. The number of hydrogen-bond donors (Lipinski definition) is 2. The highest BCUT2D eigenvalue weighted by atomic mass is 16.7. The zero-order valence-electron chi connectivity index (χ0n) is 21.0. The third-order valence-corrected chi connectivity index (χ3v) is 7.01.